The maximum atomic E-state index is 14.0. The van der Waals surface area contributed by atoms with E-state index in [4.69, 9.17) is 21.1 Å². The first-order chi connectivity index (χ1) is 18.3. The fraction of sp³-hybridized carbons (Fsp3) is 0.188. The molecule has 7 rings (SSSR count). The number of fused-ring (bicyclic) bond motifs is 8. The van der Waals surface area contributed by atoms with Crippen molar-refractivity contribution < 1.29 is 24.2 Å². The van der Waals surface area contributed by atoms with Crippen LogP contribution in [0.1, 0.15) is 25.0 Å². The number of aliphatic hydroxyl groups is 1. The third kappa shape index (κ3) is 2.80. The summed E-state index contributed by atoms with van der Waals surface area (Å²) in [6, 6.07) is 23.4. The normalized spacial score (nSPS) is 24.4. The van der Waals surface area contributed by atoms with Crippen LogP contribution in [-0.2, 0) is 16.0 Å². The Morgan fingerprint density at radius 2 is 1.58 bits per heavy atom. The van der Waals surface area contributed by atoms with Gasteiger partial charge in [0.2, 0.25) is 5.78 Å². The van der Waals surface area contributed by atoms with Gasteiger partial charge in [0.05, 0.1) is 5.92 Å². The zero-order valence-electron chi connectivity index (χ0n) is 20.7. The Morgan fingerprint density at radius 1 is 0.947 bits per heavy atom. The van der Waals surface area contributed by atoms with E-state index in [9.17, 15) is 14.7 Å². The molecule has 6 heteroatoms. The molecule has 0 amide bonds. The van der Waals surface area contributed by atoms with Crippen molar-refractivity contribution in [2.75, 3.05) is 0 Å². The predicted molar refractivity (Wildman–Crippen MR) is 146 cm³/mol. The lowest BCUT2D eigenvalue weighted by molar-refractivity contribution is -0.171. The number of benzene rings is 4. The van der Waals surface area contributed by atoms with Crippen LogP contribution in [0.4, 0.5) is 0 Å². The largest absolute Gasteiger partial charge is 0.478 e. The monoisotopic (exact) mass is 522 g/mol. The average molecular weight is 523 g/mol. The molecule has 0 saturated heterocycles. The van der Waals surface area contributed by atoms with Crippen molar-refractivity contribution in [1.29, 1.82) is 0 Å². The lowest BCUT2D eigenvalue weighted by Gasteiger charge is -2.50. The summed E-state index contributed by atoms with van der Waals surface area (Å²) in [6.45, 7) is 2.91. The third-order valence-corrected chi connectivity index (χ3v) is 8.76. The minimum atomic E-state index is -2.27. The smallest absolute Gasteiger partial charge is 0.214 e. The fourth-order valence-corrected chi connectivity index (χ4v) is 6.56. The molecule has 4 aromatic carbocycles. The number of hydrogen-bond donors (Lipinski definition) is 1. The number of hydrogen-bond acceptors (Lipinski definition) is 5. The van der Waals surface area contributed by atoms with Gasteiger partial charge in [-0.2, -0.15) is 0 Å². The highest BCUT2D eigenvalue weighted by Crippen LogP contribution is 2.58. The Kier molecular flexibility index (Phi) is 4.76. The van der Waals surface area contributed by atoms with Crippen LogP contribution in [0.15, 0.2) is 89.2 Å². The van der Waals surface area contributed by atoms with Crippen molar-refractivity contribution in [3.63, 3.8) is 0 Å². The number of carbonyl (C=O) groups is 2. The van der Waals surface area contributed by atoms with Crippen molar-refractivity contribution >= 4 is 50.8 Å². The van der Waals surface area contributed by atoms with Gasteiger partial charge in [-0.05, 0) is 46.7 Å². The summed E-state index contributed by atoms with van der Waals surface area (Å²) in [7, 11) is 0. The number of Topliss-reactive ketones (excluding diaryl/α,β-unsaturated/α-hetero) is 2. The molecular weight excluding hydrogens is 500 g/mol. The predicted octanol–water partition coefficient (Wildman–Crippen LogP) is 6.13. The number of halogens is 1. The Labute approximate surface area is 223 Å². The summed E-state index contributed by atoms with van der Waals surface area (Å²) in [6.07, 6.45) is 2.06. The molecule has 4 aromatic rings. The first-order valence-corrected chi connectivity index (χ1v) is 12.9. The zero-order valence-corrected chi connectivity index (χ0v) is 21.5. The second-order valence-corrected chi connectivity index (χ2v) is 10.7. The molecule has 1 spiro atoms. The minimum absolute atomic E-state index is 0.150. The van der Waals surface area contributed by atoms with E-state index >= 15 is 0 Å². The van der Waals surface area contributed by atoms with E-state index in [0.717, 1.165) is 32.7 Å². The quantitative estimate of drug-likeness (QED) is 0.343. The van der Waals surface area contributed by atoms with E-state index in [1.807, 2.05) is 78.9 Å². The highest BCUT2D eigenvalue weighted by atomic mass is 35.5. The van der Waals surface area contributed by atoms with Crippen molar-refractivity contribution in [2.24, 2.45) is 5.92 Å². The van der Waals surface area contributed by atoms with Gasteiger partial charge in [-0.3, -0.25) is 9.59 Å². The SMILES string of the molecule is CC(=O)[C@H](C)[C@]1(O)C(=O)C(Cl)=C2Oc3ccc4ccccc4c3C=C2[C@@]12Cc1c(ccc3ccccc13)O2. The zero-order chi connectivity index (χ0) is 26.4. The van der Waals surface area contributed by atoms with Crippen LogP contribution in [0.3, 0.4) is 0 Å². The van der Waals surface area contributed by atoms with Crippen LogP contribution in [0.25, 0.3) is 27.6 Å². The Bertz CT molecular complexity index is 1800. The number of ether oxygens (including phenoxy) is 2. The van der Waals surface area contributed by atoms with Gasteiger partial charge in [0, 0.05) is 23.1 Å². The van der Waals surface area contributed by atoms with Crippen molar-refractivity contribution in [2.45, 2.75) is 31.5 Å². The van der Waals surface area contributed by atoms with Gasteiger partial charge in [0.25, 0.3) is 0 Å². The first kappa shape index (κ1) is 23.2. The molecule has 0 unspecified atom stereocenters. The molecule has 38 heavy (non-hydrogen) atoms. The molecular formula is C32H23ClO5. The van der Waals surface area contributed by atoms with Gasteiger partial charge in [-0.1, -0.05) is 79.2 Å². The summed E-state index contributed by atoms with van der Waals surface area (Å²) < 4.78 is 13.0. The molecule has 0 radical (unpaired) electrons. The van der Waals surface area contributed by atoms with E-state index in [1.54, 1.807) is 6.92 Å². The van der Waals surface area contributed by atoms with E-state index < -0.39 is 22.9 Å². The van der Waals surface area contributed by atoms with Gasteiger partial charge in [-0.25, -0.2) is 0 Å². The highest BCUT2D eigenvalue weighted by Gasteiger charge is 2.70. The van der Waals surface area contributed by atoms with Crippen LogP contribution in [0.5, 0.6) is 11.5 Å². The number of ketones is 2. The van der Waals surface area contributed by atoms with E-state index in [-0.39, 0.29) is 23.0 Å². The summed E-state index contributed by atoms with van der Waals surface area (Å²) in [5.74, 6) is -0.976. The van der Waals surface area contributed by atoms with Crippen LogP contribution < -0.4 is 9.47 Å². The van der Waals surface area contributed by atoms with E-state index in [2.05, 4.69) is 0 Å². The Balaban J connectivity index is 1.56. The molecule has 188 valence electrons. The number of rotatable bonds is 2. The Hall–Kier alpha value is -3.93. The van der Waals surface area contributed by atoms with Gasteiger partial charge < -0.3 is 14.6 Å². The molecule has 0 bridgehead atoms. The van der Waals surface area contributed by atoms with Crippen LogP contribution in [0, 0.1) is 5.92 Å². The third-order valence-electron chi connectivity index (χ3n) is 8.42. The molecule has 3 aliphatic rings. The summed E-state index contributed by atoms with van der Waals surface area (Å²) in [4.78, 5) is 26.8. The molecule has 0 saturated carbocycles. The second-order valence-electron chi connectivity index (χ2n) is 10.3. The van der Waals surface area contributed by atoms with Gasteiger partial charge in [0.1, 0.15) is 22.3 Å². The molecule has 1 N–H and O–H groups in total. The van der Waals surface area contributed by atoms with Gasteiger partial charge in [0.15, 0.2) is 17.0 Å². The summed E-state index contributed by atoms with van der Waals surface area (Å²) in [5, 5.41) is 16.1. The molecule has 2 aliphatic heterocycles. The lowest BCUT2D eigenvalue weighted by Crippen LogP contribution is -2.70. The molecule has 0 aromatic heterocycles. The van der Waals surface area contributed by atoms with Crippen molar-refractivity contribution in [1.82, 2.24) is 0 Å². The number of carbonyl (C=O) groups excluding carboxylic acids is 2. The average Bonchev–Trinajstić information content (AvgIpc) is 3.35. The summed E-state index contributed by atoms with van der Waals surface area (Å²) >= 11 is 6.66. The topological polar surface area (TPSA) is 72.8 Å². The van der Waals surface area contributed by atoms with Crippen LogP contribution >= 0.6 is 11.6 Å². The first-order valence-electron chi connectivity index (χ1n) is 12.6. The van der Waals surface area contributed by atoms with Gasteiger partial charge in [-0.15, -0.1) is 0 Å². The fourth-order valence-electron chi connectivity index (χ4n) is 6.28. The molecule has 2 heterocycles. The molecule has 5 nitrogen and oxygen atoms in total. The molecule has 1 aliphatic carbocycles. The highest BCUT2D eigenvalue weighted by molar-refractivity contribution is 6.45. The second kappa shape index (κ2) is 7.79. The molecule has 0 fully saturated rings. The van der Waals surface area contributed by atoms with Gasteiger partial charge >= 0.3 is 0 Å². The van der Waals surface area contributed by atoms with Crippen molar-refractivity contribution in [3.8, 4) is 11.5 Å². The molecule has 3 atom stereocenters. The maximum Gasteiger partial charge on any atom is 0.214 e. The van der Waals surface area contributed by atoms with E-state index in [0.29, 0.717) is 17.1 Å². The standard InChI is InChI=1S/C32H23ClO5/c1-17(18(2)34)32(36)30(35)28(33)29-25(15-23-21-9-5-3-7-19(21)11-13-26(23)37-29)31(32)16-24-22-10-6-4-8-20(22)12-14-27(24)38-31/h3-15,17,36H,16H2,1-2H3/t17-,31-,32-/m0/s1. The van der Waals surface area contributed by atoms with Crippen molar-refractivity contribution in [3.05, 3.63) is 100 Å². The maximum absolute atomic E-state index is 14.0. The lowest BCUT2D eigenvalue weighted by atomic mass is 9.61. The minimum Gasteiger partial charge on any atom is -0.478 e. The van der Waals surface area contributed by atoms with Crippen LogP contribution in [-0.4, -0.2) is 27.9 Å². The van der Waals surface area contributed by atoms with Crippen LogP contribution in [0.2, 0.25) is 0 Å². The van der Waals surface area contributed by atoms with E-state index in [1.165, 1.54) is 6.92 Å². The Morgan fingerprint density at radius 3 is 2.29 bits per heavy atom. The summed E-state index contributed by atoms with van der Waals surface area (Å²) in [5.41, 5.74) is -1.81.